The molecule has 2 aromatic heterocycles. The summed E-state index contributed by atoms with van der Waals surface area (Å²) < 4.78 is 2.04. The van der Waals surface area contributed by atoms with Crippen molar-refractivity contribution in [1.29, 1.82) is 0 Å². The van der Waals surface area contributed by atoms with Gasteiger partial charge in [0.1, 0.15) is 5.82 Å². The van der Waals surface area contributed by atoms with Crippen molar-refractivity contribution in [2.75, 3.05) is 6.54 Å². The van der Waals surface area contributed by atoms with E-state index < -0.39 is 0 Å². The number of para-hydroxylation sites is 2. The second-order valence-electron chi connectivity index (χ2n) is 6.38. The molecule has 1 fully saturated rings. The quantitative estimate of drug-likeness (QED) is 0.787. The Morgan fingerprint density at radius 2 is 2.13 bits per heavy atom. The molecule has 0 radical (unpaired) electrons. The van der Waals surface area contributed by atoms with E-state index in [-0.39, 0.29) is 0 Å². The van der Waals surface area contributed by atoms with Crippen molar-refractivity contribution in [3.8, 4) is 0 Å². The molecule has 1 aliphatic heterocycles. The number of aromatic nitrogens is 4. The maximum atomic E-state index is 4.74. The van der Waals surface area contributed by atoms with Crippen molar-refractivity contribution >= 4 is 11.0 Å². The van der Waals surface area contributed by atoms with Gasteiger partial charge < -0.3 is 4.98 Å². The number of benzene rings is 1. The summed E-state index contributed by atoms with van der Waals surface area (Å²) in [6, 6.07) is 10.9. The molecular formula is C18H23N5. The van der Waals surface area contributed by atoms with E-state index in [1.54, 1.807) is 0 Å². The first-order valence-corrected chi connectivity index (χ1v) is 8.53. The molecule has 3 aromatic rings. The summed E-state index contributed by atoms with van der Waals surface area (Å²) in [5, 5.41) is 4.32. The van der Waals surface area contributed by atoms with Crippen LogP contribution in [0.15, 0.2) is 42.7 Å². The van der Waals surface area contributed by atoms with Crippen molar-refractivity contribution in [1.82, 2.24) is 24.6 Å². The van der Waals surface area contributed by atoms with Gasteiger partial charge in [-0.1, -0.05) is 18.6 Å². The summed E-state index contributed by atoms with van der Waals surface area (Å²) in [6.45, 7) is 3.08. The van der Waals surface area contributed by atoms with Crippen molar-refractivity contribution in [2.45, 2.75) is 44.8 Å². The largest absolute Gasteiger partial charge is 0.341 e. The molecule has 1 atom stereocenters. The topological polar surface area (TPSA) is 49.7 Å². The Kier molecular flexibility index (Phi) is 4.11. The van der Waals surface area contributed by atoms with Crippen LogP contribution in [0.1, 0.15) is 31.5 Å². The summed E-state index contributed by atoms with van der Waals surface area (Å²) in [7, 11) is 0. The molecule has 0 aliphatic carbocycles. The lowest BCUT2D eigenvalue weighted by Crippen LogP contribution is -2.39. The smallest absolute Gasteiger partial charge is 0.121 e. The predicted octanol–water partition coefficient (Wildman–Crippen LogP) is 3.20. The number of imidazole rings is 1. The van der Waals surface area contributed by atoms with E-state index in [2.05, 4.69) is 33.2 Å². The lowest BCUT2D eigenvalue weighted by atomic mass is 9.99. The Balaban J connectivity index is 1.44. The van der Waals surface area contributed by atoms with Crippen LogP contribution < -0.4 is 0 Å². The van der Waals surface area contributed by atoms with Gasteiger partial charge in [-0.15, -0.1) is 0 Å². The number of nitrogens with zero attached hydrogens (tertiary/aromatic N) is 4. The number of likely N-dealkylation sites (tertiary alicyclic amines) is 1. The number of hydrogen-bond acceptors (Lipinski definition) is 3. The van der Waals surface area contributed by atoms with Gasteiger partial charge in [-0.3, -0.25) is 9.58 Å². The van der Waals surface area contributed by atoms with Crippen LogP contribution in [0, 0.1) is 0 Å². The van der Waals surface area contributed by atoms with Gasteiger partial charge in [-0.05, 0) is 44.0 Å². The Hall–Kier alpha value is -2.14. The molecule has 0 bridgehead atoms. The van der Waals surface area contributed by atoms with E-state index in [9.17, 15) is 0 Å². The number of fused-ring (bicyclic) bond motifs is 1. The van der Waals surface area contributed by atoms with Gasteiger partial charge in [0.15, 0.2) is 0 Å². The Labute approximate surface area is 136 Å². The van der Waals surface area contributed by atoms with Gasteiger partial charge >= 0.3 is 0 Å². The summed E-state index contributed by atoms with van der Waals surface area (Å²) in [6.07, 6.45) is 8.96. The molecule has 5 nitrogen and oxygen atoms in total. The molecule has 4 rings (SSSR count). The summed E-state index contributed by atoms with van der Waals surface area (Å²) in [4.78, 5) is 10.8. The number of aryl methyl sites for hydroxylation is 1. The molecule has 0 spiro atoms. The fourth-order valence-electron chi connectivity index (χ4n) is 3.58. The van der Waals surface area contributed by atoms with Crippen LogP contribution in [0.4, 0.5) is 0 Å². The minimum atomic E-state index is 0.626. The first-order valence-electron chi connectivity index (χ1n) is 8.53. The molecule has 0 unspecified atom stereocenters. The minimum absolute atomic E-state index is 0.626. The molecule has 120 valence electrons. The van der Waals surface area contributed by atoms with E-state index in [4.69, 9.17) is 4.98 Å². The van der Waals surface area contributed by atoms with E-state index in [0.717, 1.165) is 36.4 Å². The van der Waals surface area contributed by atoms with Crippen molar-refractivity contribution in [3.63, 3.8) is 0 Å². The van der Waals surface area contributed by atoms with Gasteiger partial charge in [-0.25, -0.2) is 4.98 Å². The van der Waals surface area contributed by atoms with Crippen LogP contribution in [-0.2, 0) is 13.1 Å². The molecule has 1 N–H and O–H groups in total. The zero-order valence-corrected chi connectivity index (χ0v) is 13.4. The maximum Gasteiger partial charge on any atom is 0.121 e. The van der Waals surface area contributed by atoms with E-state index in [0.29, 0.717) is 6.04 Å². The molecule has 23 heavy (non-hydrogen) atoms. The number of rotatable bonds is 5. The molecule has 0 amide bonds. The van der Waals surface area contributed by atoms with Gasteiger partial charge in [0, 0.05) is 25.0 Å². The zero-order chi connectivity index (χ0) is 15.5. The highest BCUT2D eigenvalue weighted by Crippen LogP contribution is 2.22. The van der Waals surface area contributed by atoms with Gasteiger partial charge in [0.25, 0.3) is 0 Å². The highest BCUT2D eigenvalue weighted by atomic mass is 15.3. The third-order valence-corrected chi connectivity index (χ3v) is 4.79. The van der Waals surface area contributed by atoms with Gasteiger partial charge in [0.05, 0.1) is 17.6 Å². The summed E-state index contributed by atoms with van der Waals surface area (Å²) in [5.41, 5.74) is 2.19. The molecule has 1 aromatic carbocycles. The second kappa shape index (κ2) is 6.54. The number of hydrogen-bond donors (Lipinski definition) is 1. The van der Waals surface area contributed by atoms with Crippen LogP contribution in [-0.4, -0.2) is 37.2 Å². The van der Waals surface area contributed by atoms with E-state index >= 15 is 0 Å². The van der Waals surface area contributed by atoms with Crippen molar-refractivity contribution < 1.29 is 0 Å². The molecule has 0 saturated carbocycles. The van der Waals surface area contributed by atoms with Crippen LogP contribution >= 0.6 is 0 Å². The fraction of sp³-hybridized carbons (Fsp3) is 0.444. The number of aromatic amines is 1. The Morgan fingerprint density at radius 1 is 1.17 bits per heavy atom. The Morgan fingerprint density at radius 3 is 3.00 bits per heavy atom. The van der Waals surface area contributed by atoms with E-state index in [1.807, 2.05) is 29.2 Å². The summed E-state index contributed by atoms with van der Waals surface area (Å²) >= 11 is 0. The van der Waals surface area contributed by atoms with Crippen molar-refractivity contribution in [3.05, 3.63) is 48.5 Å². The van der Waals surface area contributed by atoms with Gasteiger partial charge in [0.2, 0.25) is 0 Å². The monoisotopic (exact) mass is 309 g/mol. The minimum Gasteiger partial charge on any atom is -0.341 e. The third-order valence-electron chi connectivity index (χ3n) is 4.79. The molecule has 3 heterocycles. The summed E-state index contributed by atoms with van der Waals surface area (Å²) in [5.74, 6) is 1.08. The third kappa shape index (κ3) is 3.29. The first kappa shape index (κ1) is 14.5. The predicted molar refractivity (Wildman–Crippen MR) is 91.0 cm³/mol. The van der Waals surface area contributed by atoms with Crippen LogP contribution in [0.25, 0.3) is 11.0 Å². The van der Waals surface area contributed by atoms with Gasteiger partial charge in [-0.2, -0.15) is 5.10 Å². The maximum absolute atomic E-state index is 4.74. The highest BCUT2D eigenvalue weighted by molar-refractivity contribution is 5.74. The number of nitrogens with one attached hydrogen (secondary N) is 1. The average Bonchev–Trinajstić information content (AvgIpc) is 3.23. The van der Waals surface area contributed by atoms with E-state index in [1.165, 1.54) is 25.8 Å². The average molecular weight is 309 g/mol. The van der Waals surface area contributed by atoms with Crippen molar-refractivity contribution in [2.24, 2.45) is 0 Å². The highest BCUT2D eigenvalue weighted by Gasteiger charge is 2.23. The number of piperidine rings is 1. The van der Waals surface area contributed by atoms with Crippen LogP contribution in [0.2, 0.25) is 0 Å². The van der Waals surface area contributed by atoms with Crippen LogP contribution in [0.5, 0.6) is 0 Å². The second-order valence-corrected chi connectivity index (χ2v) is 6.38. The first-order chi connectivity index (χ1) is 11.4. The SMILES string of the molecule is c1ccc2[nH]c(CN3CCCC[C@@H]3CCn3cccn3)nc2c1. The lowest BCUT2D eigenvalue weighted by molar-refractivity contribution is 0.124. The lowest BCUT2D eigenvalue weighted by Gasteiger charge is -2.35. The molecular weight excluding hydrogens is 286 g/mol. The Bertz CT molecular complexity index is 713. The zero-order valence-electron chi connectivity index (χ0n) is 13.4. The molecule has 5 heteroatoms. The normalized spacial score (nSPS) is 19.4. The number of H-pyrrole nitrogens is 1. The molecule has 1 aliphatic rings. The standard InChI is InChI=1S/C18H23N5/c1-2-8-17-16(7-1)20-18(21-17)14-22-11-4-3-6-15(22)9-13-23-12-5-10-19-23/h1-2,5,7-8,10,12,15H,3-4,6,9,11,13-14H2,(H,20,21)/t15-/m1/s1. The fourth-order valence-corrected chi connectivity index (χ4v) is 3.58. The van der Waals surface area contributed by atoms with Crippen LogP contribution in [0.3, 0.4) is 0 Å². The molecule has 1 saturated heterocycles.